The van der Waals surface area contributed by atoms with Gasteiger partial charge in [-0.1, -0.05) is 12.1 Å². The Kier molecular flexibility index (Phi) is 6.34. The summed E-state index contributed by atoms with van der Waals surface area (Å²) in [7, 11) is 1.65. The molecule has 0 aromatic heterocycles. The fraction of sp³-hybridized carbons (Fsp3) is 0.333. The molecule has 0 aliphatic heterocycles. The van der Waals surface area contributed by atoms with Crippen LogP contribution in [0.2, 0.25) is 0 Å². The Hall–Kier alpha value is -1.94. The normalized spacial score (nSPS) is 10.7. The van der Waals surface area contributed by atoms with Gasteiger partial charge in [0, 0.05) is 12.6 Å². The van der Waals surface area contributed by atoms with Gasteiger partial charge in [-0.25, -0.2) is 8.78 Å². The molecule has 0 fully saturated rings. The molecule has 118 valence electrons. The molecule has 0 aliphatic rings. The van der Waals surface area contributed by atoms with Crippen molar-refractivity contribution >= 4 is 0 Å². The highest BCUT2D eigenvalue weighted by Crippen LogP contribution is 2.13. The summed E-state index contributed by atoms with van der Waals surface area (Å²) in [5, 5.41) is 3.36. The summed E-state index contributed by atoms with van der Waals surface area (Å²) in [6.45, 7) is 1.65. The van der Waals surface area contributed by atoms with E-state index in [2.05, 4.69) is 5.32 Å². The maximum Gasteiger partial charge on any atom is 0.126 e. The molecule has 0 bridgehead atoms. The van der Waals surface area contributed by atoms with E-state index in [9.17, 15) is 8.78 Å². The summed E-state index contributed by atoms with van der Waals surface area (Å²) in [5.41, 5.74) is 1.89. The number of nitrogens with one attached hydrogen (secondary N) is 1. The molecule has 2 aromatic rings. The first-order chi connectivity index (χ1) is 10.7. The van der Waals surface area contributed by atoms with E-state index in [-0.39, 0.29) is 0 Å². The van der Waals surface area contributed by atoms with Crippen molar-refractivity contribution in [3.8, 4) is 5.75 Å². The molecule has 2 aromatic carbocycles. The summed E-state index contributed by atoms with van der Waals surface area (Å²) in [6.07, 6.45) is 2.55. The maximum atomic E-state index is 13.0. The molecule has 2 rings (SSSR count). The second-order valence-electron chi connectivity index (χ2n) is 5.26. The fourth-order valence-corrected chi connectivity index (χ4v) is 2.35. The van der Waals surface area contributed by atoms with E-state index >= 15 is 0 Å². The molecule has 0 atom stereocenters. The van der Waals surface area contributed by atoms with Gasteiger partial charge in [0.25, 0.3) is 0 Å². The molecule has 0 radical (unpaired) electrons. The largest absolute Gasteiger partial charge is 0.497 e. The van der Waals surface area contributed by atoms with Crippen LogP contribution >= 0.6 is 0 Å². The van der Waals surface area contributed by atoms with Crippen molar-refractivity contribution in [2.75, 3.05) is 13.7 Å². The third-order valence-corrected chi connectivity index (χ3v) is 3.45. The van der Waals surface area contributed by atoms with Crippen molar-refractivity contribution in [2.45, 2.75) is 25.8 Å². The van der Waals surface area contributed by atoms with Crippen LogP contribution in [0.4, 0.5) is 8.78 Å². The zero-order chi connectivity index (χ0) is 15.8. The first kappa shape index (κ1) is 16.4. The van der Waals surface area contributed by atoms with Crippen LogP contribution in [0.3, 0.4) is 0 Å². The average molecular weight is 305 g/mol. The molecule has 0 saturated carbocycles. The van der Waals surface area contributed by atoms with Gasteiger partial charge >= 0.3 is 0 Å². The van der Waals surface area contributed by atoms with Crippen LogP contribution in [0.5, 0.6) is 5.75 Å². The molecule has 2 nitrogen and oxygen atoms in total. The minimum Gasteiger partial charge on any atom is -0.497 e. The summed E-state index contributed by atoms with van der Waals surface area (Å²) in [5.74, 6) is -0.162. The highest BCUT2D eigenvalue weighted by molar-refractivity contribution is 5.28. The number of aryl methyl sites for hydroxylation is 1. The highest BCUT2D eigenvalue weighted by atomic mass is 19.1. The summed E-state index contributed by atoms with van der Waals surface area (Å²) in [6, 6.07) is 11.6. The lowest BCUT2D eigenvalue weighted by Crippen LogP contribution is -2.14. The minimum absolute atomic E-state index is 0.508. The molecular weight excluding hydrogens is 284 g/mol. The third kappa shape index (κ3) is 5.45. The van der Waals surface area contributed by atoms with Crippen LogP contribution in [0.1, 0.15) is 24.0 Å². The number of ether oxygens (including phenoxy) is 1. The lowest BCUT2D eigenvalue weighted by molar-refractivity contribution is 0.414. The fourth-order valence-electron chi connectivity index (χ4n) is 2.35. The van der Waals surface area contributed by atoms with Crippen molar-refractivity contribution in [1.29, 1.82) is 0 Å². The van der Waals surface area contributed by atoms with Crippen molar-refractivity contribution in [3.63, 3.8) is 0 Å². The molecule has 0 unspecified atom stereocenters. The Morgan fingerprint density at radius 2 is 1.73 bits per heavy atom. The average Bonchev–Trinajstić information content (AvgIpc) is 2.50. The molecule has 0 aliphatic carbocycles. The van der Waals surface area contributed by atoms with E-state index in [1.165, 1.54) is 17.7 Å². The third-order valence-electron chi connectivity index (χ3n) is 3.45. The standard InChI is InChI=1S/C18H21F2NO/c1-22-18-7-4-6-15(11-18)13-21-8-3-2-5-14-9-16(19)12-17(20)10-14/h4,6-7,9-12,21H,2-3,5,8,13H2,1H3. The van der Waals surface area contributed by atoms with Crippen LogP contribution in [-0.4, -0.2) is 13.7 Å². The Bertz CT molecular complexity index is 581. The van der Waals surface area contributed by atoms with E-state index < -0.39 is 11.6 Å². The zero-order valence-corrected chi connectivity index (χ0v) is 12.7. The van der Waals surface area contributed by atoms with Crippen LogP contribution in [-0.2, 0) is 13.0 Å². The number of halogens is 2. The molecule has 1 N–H and O–H groups in total. The van der Waals surface area contributed by atoms with Crippen LogP contribution in [0, 0.1) is 11.6 Å². The van der Waals surface area contributed by atoms with Gasteiger partial charge in [0.15, 0.2) is 0 Å². The van der Waals surface area contributed by atoms with Gasteiger partial charge in [-0.15, -0.1) is 0 Å². The van der Waals surface area contributed by atoms with Gasteiger partial charge in [0.2, 0.25) is 0 Å². The van der Waals surface area contributed by atoms with E-state index in [0.29, 0.717) is 12.0 Å². The number of methoxy groups -OCH3 is 1. The highest BCUT2D eigenvalue weighted by Gasteiger charge is 2.01. The molecule has 0 saturated heterocycles. The minimum atomic E-state index is -0.508. The van der Waals surface area contributed by atoms with Crippen molar-refractivity contribution in [2.24, 2.45) is 0 Å². The van der Waals surface area contributed by atoms with Gasteiger partial charge in [-0.2, -0.15) is 0 Å². The molecule has 22 heavy (non-hydrogen) atoms. The second kappa shape index (κ2) is 8.49. The van der Waals surface area contributed by atoms with Gasteiger partial charge in [0.1, 0.15) is 17.4 Å². The quantitative estimate of drug-likeness (QED) is 0.742. The lowest BCUT2D eigenvalue weighted by Gasteiger charge is -2.07. The van der Waals surface area contributed by atoms with Crippen molar-refractivity contribution in [3.05, 3.63) is 65.2 Å². The molecule has 0 heterocycles. The molecule has 0 spiro atoms. The Morgan fingerprint density at radius 3 is 2.45 bits per heavy atom. The Labute approximate surface area is 130 Å². The number of rotatable bonds is 8. The van der Waals surface area contributed by atoms with Gasteiger partial charge in [-0.05, 0) is 61.2 Å². The molecule has 0 amide bonds. The van der Waals surface area contributed by atoms with Crippen LogP contribution < -0.4 is 10.1 Å². The van der Waals surface area contributed by atoms with Gasteiger partial charge < -0.3 is 10.1 Å². The van der Waals surface area contributed by atoms with E-state index in [4.69, 9.17) is 4.74 Å². The summed E-state index contributed by atoms with van der Waals surface area (Å²) in [4.78, 5) is 0. The van der Waals surface area contributed by atoms with Crippen LogP contribution in [0.15, 0.2) is 42.5 Å². The van der Waals surface area contributed by atoms with E-state index in [1.807, 2.05) is 24.3 Å². The number of unbranched alkanes of at least 4 members (excludes halogenated alkanes) is 1. The topological polar surface area (TPSA) is 21.3 Å². The van der Waals surface area contributed by atoms with Crippen LogP contribution in [0.25, 0.3) is 0 Å². The van der Waals surface area contributed by atoms with Gasteiger partial charge in [-0.3, -0.25) is 0 Å². The smallest absolute Gasteiger partial charge is 0.126 e. The predicted molar refractivity (Wildman–Crippen MR) is 84.0 cm³/mol. The number of hydrogen-bond acceptors (Lipinski definition) is 2. The van der Waals surface area contributed by atoms with E-state index in [0.717, 1.165) is 37.7 Å². The van der Waals surface area contributed by atoms with Gasteiger partial charge in [0.05, 0.1) is 7.11 Å². The van der Waals surface area contributed by atoms with Crippen molar-refractivity contribution in [1.82, 2.24) is 5.32 Å². The number of benzene rings is 2. The molecule has 4 heteroatoms. The molecular formula is C18H21F2NO. The first-order valence-electron chi connectivity index (χ1n) is 7.46. The SMILES string of the molecule is COc1cccc(CNCCCCc2cc(F)cc(F)c2)c1. The monoisotopic (exact) mass is 305 g/mol. The van der Waals surface area contributed by atoms with Crippen molar-refractivity contribution < 1.29 is 13.5 Å². The Morgan fingerprint density at radius 1 is 0.955 bits per heavy atom. The first-order valence-corrected chi connectivity index (χ1v) is 7.46. The Balaban J connectivity index is 1.65. The van der Waals surface area contributed by atoms with E-state index in [1.54, 1.807) is 7.11 Å². The summed E-state index contributed by atoms with van der Waals surface area (Å²) >= 11 is 0. The second-order valence-corrected chi connectivity index (χ2v) is 5.26. The lowest BCUT2D eigenvalue weighted by atomic mass is 10.1. The summed E-state index contributed by atoms with van der Waals surface area (Å²) < 4.78 is 31.3. The predicted octanol–water partition coefficient (Wildman–Crippen LogP) is 4.09. The number of hydrogen-bond donors (Lipinski definition) is 1. The zero-order valence-electron chi connectivity index (χ0n) is 12.7. The maximum absolute atomic E-state index is 13.0.